The number of nitrogens with one attached hydrogen (secondary N) is 1. The van der Waals surface area contributed by atoms with Gasteiger partial charge in [-0.25, -0.2) is 22.3 Å². The Kier molecular flexibility index (Phi) is 7.01. The summed E-state index contributed by atoms with van der Waals surface area (Å²) in [5.41, 5.74) is 2.80. The number of sulfonamides is 2. The lowest BCUT2D eigenvalue weighted by Gasteiger charge is -2.38. The number of hydrogen-bond donors (Lipinski definition) is 2. The summed E-state index contributed by atoms with van der Waals surface area (Å²) < 4.78 is 60.5. The number of piperazine rings is 1. The highest BCUT2D eigenvalue weighted by molar-refractivity contribution is 7.92. The monoisotopic (exact) mass is 580 g/mol. The molecule has 0 saturated carbocycles. The van der Waals surface area contributed by atoms with Gasteiger partial charge in [0.25, 0.3) is 26.0 Å². The lowest BCUT2D eigenvalue weighted by atomic mass is 10.2. The second-order valence-corrected chi connectivity index (χ2v) is 14.4. The Labute approximate surface area is 220 Å². The minimum absolute atomic E-state index is 0.00825. The van der Waals surface area contributed by atoms with E-state index in [0.29, 0.717) is 10.6 Å². The molecule has 0 bridgehead atoms. The van der Waals surface area contributed by atoms with Gasteiger partial charge in [0, 0.05) is 30.6 Å². The van der Waals surface area contributed by atoms with Crippen LogP contribution >= 0.6 is 22.7 Å². The molecule has 37 heavy (non-hydrogen) atoms. The summed E-state index contributed by atoms with van der Waals surface area (Å²) in [5.74, 6) is -1.03. The van der Waals surface area contributed by atoms with Gasteiger partial charge in [0.05, 0.1) is 4.88 Å². The van der Waals surface area contributed by atoms with Crippen LogP contribution in [0.1, 0.15) is 0 Å². The Balaban J connectivity index is 1.41. The number of carbonyl (C=O) groups is 1. The van der Waals surface area contributed by atoms with Crippen LogP contribution in [0.15, 0.2) is 79.9 Å². The first-order chi connectivity index (χ1) is 17.7. The molecule has 1 saturated heterocycles. The van der Waals surface area contributed by atoms with E-state index < -0.39 is 38.5 Å². The van der Waals surface area contributed by atoms with Crippen molar-refractivity contribution in [3.05, 3.63) is 66.9 Å². The normalized spacial score (nSPS) is 17.6. The maximum absolute atomic E-state index is 13.5. The fraction of sp³-hybridized carbons (Fsp3) is 0.182. The fourth-order valence-corrected chi connectivity index (χ4v) is 9.80. The number of benzene rings is 1. The number of nitrogens with zero attached hydrogens (tertiary/aromatic N) is 3. The van der Waals surface area contributed by atoms with Gasteiger partial charge >= 0.3 is 0 Å². The third kappa shape index (κ3) is 4.86. The maximum Gasteiger partial charge on any atom is 0.263 e. The summed E-state index contributed by atoms with van der Waals surface area (Å²) in [6, 6.07) is 15.5. The highest BCUT2D eigenvalue weighted by atomic mass is 32.3. The molecule has 11 nitrogen and oxygen atoms in total. The number of hydroxylamine groups is 1. The Morgan fingerprint density at radius 2 is 1.59 bits per heavy atom. The largest absolute Gasteiger partial charge is 0.364 e. The quantitative estimate of drug-likeness (QED) is 0.250. The van der Waals surface area contributed by atoms with Crippen LogP contribution in [0.2, 0.25) is 0 Å². The molecule has 194 valence electrons. The van der Waals surface area contributed by atoms with Crippen molar-refractivity contribution in [2.24, 2.45) is 0 Å². The van der Waals surface area contributed by atoms with Gasteiger partial charge in [-0.15, -0.1) is 22.7 Å². The summed E-state index contributed by atoms with van der Waals surface area (Å²) in [7, 11) is -8.23. The fourth-order valence-electron chi connectivity index (χ4n) is 3.93. The van der Waals surface area contributed by atoms with Crippen LogP contribution in [-0.2, 0) is 24.8 Å². The Hall–Kier alpha value is -2.92. The molecule has 0 unspecified atom stereocenters. The van der Waals surface area contributed by atoms with E-state index in [-0.39, 0.29) is 21.5 Å². The summed E-state index contributed by atoms with van der Waals surface area (Å²) in [4.78, 5) is 13.8. The molecule has 4 heterocycles. The summed E-state index contributed by atoms with van der Waals surface area (Å²) in [6.45, 7) is -0.924. The number of amides is 1. The zero-order chi connectivity index (χ0) is 26.2. The molecule has 1 aliphatic rings. The van der Waals surface area contributed by atoms with Gasteiger partial charge < -0.3 is 4.52 Å². The van der Waals surface area contributed by atoms with E-state index in [4.69, 9.17) is 4.52 Å². The molecule has 1 fully saturated rings. The van der Waals surface area contributed by atoms with Crippen LogP contribution in [0.5, 0.6) is 0 Å². The third-order valence-electron chi connectivity index (χ3n) is 5.78. The minimum atomic E-state index is -4.17. The SMILES string of the molecule is O=C(NO)[C@H]1CN(S(=O)(=O)c2ccc(-c3ccon3)s2)CCN1S(=O)(=O)c1ccc(-c2ccccc2)s1. The zero-order valence-corrected chi connectivity index (χ0v) is 22.2. The second kappa shape index (κ2) is 10.1. The Bertz CT molecular complexity index is 1610. The number of rotatable bonds is 7. The maximum atomic E-state index is 13.5. The van der Waals surface area contributed by atoms with Gasteiger partial charge in [0.2, 0.25) is 0 Å². The van der Waals surface area contributed by atoms with E-state index in [2.05, 4.69) is 5.16 Å². The molecule has 1 aromatic carbocycles. The van der Waals surface area contributed by atoms with Crippen molar-refractivity contribution in [1.29, 1.82) is 0 Å². The highest BCUT2D eigenvalue weighted by Crippen LogP contribution is 2.35. The van der Waals surface area contributed by atoms with Crippen molar-refractivity contribution in [1.82, 2.24) is 19.2 Å². The first kappa shape index (κ1) is 25.7. The lowest BCUT2D eigenvalue weighted by Crippen LogP contribution is -2.60. The van der Waals surface area contributed by atoms with Crippen LogP contribution in [0.3, 0.4) is 0 Å². The van der Waals surface area contributed by atoms with Crippen molar-refractivity contribution < 1.29 is 31.4 Å². The Morgan fingerprint density at radius 1 is 0.919 bits per heavy atom. The summed E-state index contributed by atoms with van der Waals surface area (Å²) >= 11 is 2.02. The van der Waals surface area contributed by atoms with E-state index in [1.165, 1.54) is 23.9 Å². The van der Waals surface area contributed by atoms with Crippen molar-refractivity contribution in [3.63, 3.8) is 0 Å². The third-order valence-corrected chi connectivity index (χ3v) is 12.7. The van der Waals surface area contributed by atoms with E-state index in [0.717, 1.165) is 41.7 Å². The number of carbonyl (C=O) groups excluding carboxylic acids is 1. The summed E-state index contributed by atoms with van der Waals surface area (Å²) in [6.07, 6.45) is 1.37. The smallest absolute Gasteiger partial charge is 0.263 e. The zero-order valence-electron chi connectivity index (χ0n) is 18.9. The van der Waals surface area contributed by atoms with Crippen LogP contribution in [-0.4, -0.2) is 67.4 Å². The van der Waals surface area contributed by atoms with E-state index in [9.17, 15) is 26.8 Å². The highest BCUT2D eigenvalue weighted by Gasteiger charge is 2.44. The predicted octanol–water partition coefficient (Wildman–Crippen LogP) is 2.70. The minimum Gasteiger partial charge on any atom is -0.364 e. The molecule has 1 atom stereocenters. The van der Waals surface area contributed by atoms with Crippen LogP contribution < -0.4 is 5.48 Å². The first-order valence-electron chi connectivity index (χ1n) is 10.8. The van der Waals surface area contributed by atoms with Gasteiger partial charge in [-0.1, -0.05) is 35.5 Å². The van der Waals surface area contributed by atoms with Crippen molar-refractivity contribution in [2.45, 2.75) is 14.5 Å². The van der Waals surface area contributed by atoms with Gasteiger partial charge in [-0.05, 0) is 29.8 Å². The first-order valence-corrected chi connectivity index (χ1v) is 15.3. The molecule has 1 amide bonds. The van der Waals surface area contributed by atoms with Crippen molar-refractivity contribution in [3.8, 4) is 21.0 Å². The molecule has 0 aliphatic carbocycles. The molecule has 15 heteroatoms. The van der Waals surface area contributed by atoms with E-state index in [1.54, 1.807) is 18.2 Å². The average molecular weight is 581 g/mol. The van der Waals surface area contributed by atoms with Gasteiger partial charge in [0.1, 0.15) is 26.4 Å². The topological polar surface area (TPSA) is 150 Å². The molecule has 2 N–H and O–H groups in total. The van der Waals surface area contributed by atoms with E-state index >= 15 is 0 Å². The average Bonchev–Trinajstić information content (AvgIpc) is 3.70. The van der Waals surface area contributed by atoms with Gasteiger partial charge in [-0.3, -0.25) is 10.0 Å². The standard InChI is InChI=1S/C22H20N4O7S4/c27-22(23-28)17-14-25(36(29,30)20-9-7-19(35-20)16-10-13-33-24-16)11-12-26(17)37(31,32)21-8-6-18(34-21)15-4-2-1-3-5-15/h1-10,13,17,28H,11-12,14H2,(H,23,27)/t17-/m1/s1. The number of aromatic nitrogens is 1. The van der Waals surface area contributed by atoms with Crippen LogP contribution in [0.4, 0.5) is 0 Å². The van der Waals surface area contributed by atoms with Crippen molar-refractivity contribution in [2.75, 3.05) is 19.6 Å². The molecular weight excluding hydrogens is 561 g/mol. The van der Waals surface area contributed by atoms with Crippen LogP contribution in [0, 0.1) is 0 Å². The molecule has 0 radical (unpaired) electrons. The molecule has 1 aliphatic heterocycles. The van der Waals surface area contributed by atoms with Crippen LogP contribution in [0.25, 0.3) is 21.0 Å². The Morgan fingerprint density at radius 3 is 2.27 bits per heavy atom. The lowest BCUT2D eigenvalue weighted by molar-refractivity contribution is -0.134. The molecule has 5 rings (SSSR count). The van der Waals surface area contributed by atoms with Gasteiger partial charge in [-0.2, -0.15) is 8.61 Å². The second-order valence-electron chi connectivity index (χ2n) is 7.96. The van der Waals surface area contributed by atoms with Crippen molar-refractivity contribution >= 4 is 48.6 Å². The molecule has 0 spiro atoms. The van der Waals surface area contributed by atoms with Gasteiger partial charge in [0.15, 0.2) is 0 Å². The molecular formula is C22H20N4O7S4. The number of thiophene rings is 2. The molecule has 4 aromatic rings. The summed E-state index contributed by atoms with van der Waals surface area (Å²) in [5, 5.41) is 13.1. The van der Waals surface area contributed by atoms with E-state index in [1.807, 2.05) is 30.3 Å². The number of hydrogen-bond acceptors (Lipinski definition) is 10. The predicted molar refractivity (Wildman–Crippen MR) is 136 cm³/mol. The molecule has 3 aromatic heterocycles.